The third kappa shape index (κ3) is 8.56. The Labute approximate surface area is 533 Å². The Morgan fingerprint density at radius 2 is 0.968 bits per heavy atom. The van der Waals surface area contributed by atoms with Crippen LogP contribution in [-0.2, 0) is 0 Å². The lowest BCUT2D eigenvalue weighted by Crippen LogP contribution is -2.28. The van der Waals surface area contributed by atoms with Crippen molar-refractivity contribution in [1.29, 1.82) is 0 Å². The summed E-state index contributed by atoms with van der Waals surface area (Å²) in [4.78, 5) is 36.6. The van der Waals surface area contributed by atoms with Gasteiger partial charge in [0.2, 0.25) is 0 Å². The molecule has 93 heavy (non-hydrogen) atoms. The van der Waals surface area contributed by atoms with Gasteiger partial charge in [0.15, 0.2) is 23.3 Å². The molecule has 0 aliphatic carbocycles. The van der Waals surface area contributed by atoms with Crippen molar-refractivity contribution >= 4 is 131 Å². The predicted octanol–water partition coefficient (Wildman–Crippen LogP) is 21.6. The van der Waals surface area contributed by atoms with Crippen molar-refractivity contribution in [2.75, 3.05) is 0 Å². The maximum absolute atomic E-state index is 6.97. The molecule has 0 saturated carbocycles. The minimum Gasteiger partial charge on any atom is -0.455 e. The molecule has 8 nitrogen and oxygen atoms in total. The first-order valence-electron chi connectivity index (χ1n) is 31.8. The van der Waals surface area contributed by atoms with E-state index in [1.807, 2.05) is 48.8 Å². The Kier molecular flexibility index (Phi) is 11.9. The molecule has 0 N–H and O–H groups in total. The van der Waals surface area contributed by atoms with E-state index in [1.165, 1.54) is 37.9 Å². The quantitative estimate of drug-likeness (QED) is 0.140. The molecule has 8 heteroatoms. The summed E-state index contributed by atoms with van der Waals surface area (Å²) < 4.78 is 6.97. The number of hydrogen-bond donors (Lipinski definition) is 0. The molecule has 2 unspecified atom stereocenters. The van der Waals surface area contributed by atoms with Crippen LogP contribution in [0.15, 0.2) is 294 Å². The largest absolute Gasteiger partial charge is 0.455 e. The zero-order valence-electron chi connectivity index (χ0n) is 50.5. The van der Waals surface area contributed by atoms with Crippen molar-refractivity contribution in [1.82, 2.24) is 24.9 Å². The maximum Gasteiger partial charge on any atom is 0.167 e. The molecule has 19 rings (SSSR count). The summed E-state index contributed by atoms with van der Waals surface area (Å²) in [7, 11) is 0. The SMILES string of the molecule is CCC1C(c2ccc3ccc4c(ccc5nccc(-c6ccc7cc8oc9c(-c%10nc(-c%11ccccc%11)nc(-c%11cccc%12ccc%13c%14cccnc%14ccc%13c%11%12)n%10)cccc9c8cc7c6)c54)c3c2)=NC(c2ccccc2)=NC1c1ccc2ccc3ccccc3c2c1. The number of rotatable bonds is 8. The van der Waals surface area contributed by atoms with E-state index in [2.05, 4.69) is 242 Å². The number of hydrogen-bond acceptors (Lipinski definition) is 8. The standard InChI is InChI=1S/C85H53N7O/c1-2-60-79(57-31-27-50-26-25-49-14-9-10-20-61(49)71(50)45-57)88-82(53-15-5-3-6-16-53)89-80(60)58-32-28-51-33-36-67-64(72(51)46-58)37-40-75-78(67)62(41-43-87-75)56-30-29-55-48-76-73(47-59(55)44-56)68-21-12-23-70(81(68)93-76)85-91-83(54-17-7-4-8-18-54)90-84(92-85)69-22-11-19-52-34-35-63-65-24-13-42-86-74(65)39-38-66(63)77(52)69/h3-48,60,79H,2H2,1H3. The van der Waals surface area contributed by atoms with Gasteiger partial charge in [0.1, 0.15) is 11.2 Å². The highest BCUT2D eigenvalue weighted by atomic mass is 16.3. The molecule has 0 spiro atoms. The topological polar surface area (TPSA) is 102 Å². The molecule has 0 fully saturated rings. The van der Waals surface area contributed by atoms with E-state index in [9.17, 15) is 0 Å². The second kappa shape index (κ2) is 21.0. The van der Waals surface area contributed by atoms with Crippen LogP contribution in [0.4, 0.5) is 0 Å². The monoisotopic (exact) mass is 1190 g/mol. The van der Waals surface area contributed by atoms with Crippen LogP contribution in [0.5, 0.6) is 0 Å². The molecule has 1 aliphatic heterocycles. The van der Waals surface area contributed by atoms with Gasteiger partial charge in [0, 0.05) is 61.9 Å². The lowest BCUT2D eigenvalue weighted by atomic mass is 9.82. The van der Waals surface area contributed by atoms with Crippen LogP contribution < -0.4 is 0 Å². The number of furan rings is 1. The van der Waals surface area contributed by atoms with Gasteiger partial charge in [-0.3, -0.25) is 15.0 Å². The van der Waals surface area contributed by atoms with Crippen LogP contribution in [0.1, 0.15) is 36.1 Å². The Morgan fingerprint density at radius 1 is 0.344 bits per heavy atom. The van der Waals surface area contributed by atoms with E-state index in [0.29, 0.717) is 23.1 Å². The van der Waals surface area contributed by atoms with Crippen molar-refractivity contribution in [3.05, 3.63) is 296 Å². The lowest BCUT2D eigenvalue weighted by molar-refractivity contribution is 0.533. The van der Waals surface area contributed by atoms with E-state index < -0.39 is 0 Å². The Bertz CT molecular complexity index is 6250. The van der Waals surface area contributed by atoms with Crippen LogP contribution in [0.25, 0.3) is 164 Å². The molecule has 0 radical (unpaired) electrons. The summed E-state index contributed by atoms with van der Waals surface area (Å²) >= 11 is 0. The lowest BCUT2D eigenvalue weighted by Gasteiger charge is -2.30. The molecule has 14 aromatic carbocycles. The molecular weight excluding hydrogens is 1130 g/mol. The second-order valence-electron chi connectivity index (χ2n) is 24.5. The molecule has 5 heterocycles. The molecule has 0 amide bonds. The average molecular weight is 1190 g/mol. The van der Waals surface area contributed by atoms with Gasteiger partial charge in [-0.05, 0) is 159 Å². The zero-order valence-corrected chi connectivity index (χ0v) is 50.5. The second-order valence-corrected chi connectivity index (χ2v) is 24.5. The van der Waals surface area contributed by atoms with E-state index in [-0.39, 0.29) is 12.0 Å². The van der Waals surface area contributed by atoms with Crippen LogP contribution in [0, 0.1) is 5.92 Å². The number of amidine groups is 1. The van der Waals surface area contributed by atoms with Gasteiger partial charge < -0.3 is 4.42 Å². The van der Waals surface area contributed by atoms with Crippen molar-refractivity contribution in [3.63, 3.8) is 0 Å². The number of nitrogens with zero attached hydrogens (tertiary/aromatic N) is 7. The number of fused-ring (bicyclic) bond motifs is 17. The van der Waals surface area contributed by atoms with Crippen molar-refractivity contribution in [2.45, 2.75) is 19.4 Å². The first-order chi connectivity index (χ1) is 46.0. The van der Waals surface area contributed by atoms with Crippen LogP contribution in [0.3, 0.4) is 0 Å². The van der Waals surface area contributed by atoms with E-state index in [1.54, 1.807) is 0 Å². The van der Waals surface area contributed by atoms with Gasteiger partial charge in [0.25, 0.3) is 0 Å². The van der Waals surface area contributed by atoms with Crippen LogP contribution >= 0.6 is 0 Å². The average Bonchev–Trinajstić information content (AvgIpc) is 1.83. The highest BCUT2D eigenvalue weighted by Crippen LogP contribution is 2.44. The third-order valence-corrected chi connectivity index (χ3v) is 19.4. The van der Waals surface area contributed by atoms with Gasteiger partial charge in [0.05, 0.1) is 28.4 Å². The highest BCUT2D eigenvalue weighted by Gasteiger charge is 2.33. The molecule has 1 aliphatic rings. The zero-order chi connectivity index (χ0) is 61.3. The van der Waals surface area contributed by atoms with Gasteiger partial charge in [-0.15, -0.1) is 0 Å². The number of aliphatic imine (C=N–C) groups is 2. The first-order valence-corrected chi connectivity index (χ1v) is 31.8. The smallest absolute Gasteiger partial charge is 0.167 e. The fourth-order valence-electron chi connectivity index (χ4n) is 14.9. The van der Waals surface area contributed by atoms with E-state index in [0.717, 1.165) is 138 Å². The van der Waals surface area contributed by atoms with Crippen molar-refractivity contribution < 1.29 is 4.42 Å². The van der Waals surface area contributed by atoms with E-state index in [4.69, 9.17) is 34.3 Å². The molecule has 0 bridgehead atoms. The molecule has 434 valence electrons. The molecular formula is C85H53N7O. The summed E-state index contributed by atoms with van der Waals surface area (Å²) in [5.74, 6) is 2.48. The molecule has 18 aromatic rings. The normalized spacial score (nSPS) is 14.5. The van der Waals surface area contributed by atoms with Gasteiger partial charge >= 0.3 is 0 Å². The highest BCUT2D eigenvalue weighted by molar-refractivity contribution is 6.24. The van der Waals surface area contributed by atoms with Crippen LogP contribution in [0.2, 0.25) is 0 Å². The fourth-order valence-corrected chi connectivity index (χ4v) is 14.9. The minimum atomic E-state index is -0.141. The fraction of sp³-hybridized carbons (Fsp3) is 0.0471. The summed E-state index contributed by atoms with van der Waals surface area (Å²) in [6.45, 7) is 2.27. The first kappa shape index (κ1) is 52.8. The number of pyridine rings is 2. The minimum absolute atomic E-state index is 0.0330. The van der Waals surface area contributed by atoms with Gasteiger partial charge in [-0.2, -0.15) is 0 Å². The summed E-state index contributed by atoms with van der Waals surface area (Å²) in [6.07, 6.45) is 4.64. The predicted molar refractivity (Wildman–Crippen MR) is 384 cm³/mol. The Balaban J connectivity index is 0.720. The number of benzene rings is 14. The molecule has 4 aromatic heterocycles. The number of aromatic nitrogens is 5. The van der Waals surface area contributed by atoms with Crippen molar-refractivity contribution in [2.24, 2.45) is 15.9 Å². The summed E-state index contributed by atoms with van der Waals surface area (Å²) in [6, 6.07) is 95.1. The van der Waals surface area contributed by atoms with Gasteiger partial charge in [-0.1, -0.05) is 213 Å². The summed E-state index contributed by atoms with van der Waals surface area (Å²) in [5.41, 5.74) is 12.6. The molecule has 2 atom stereocenters. The van der Waals surface area contributed by atoms with E-state index >= 15 is 0 Å². The molecule has 0 saturated heterocycles. The number of para-hydroxylation sites is 1. The van der Waals surface area contributed by atoms with Crippen LogP contribution in [-0.4, -0.2) is 36.5 Å². The Hall–Kier alpha value is -12.1. The Morgan fingerprint density at radius 3 is 1.85 bits per heavy atom. The maximum atomic E-state index is 6.97. The van der Waals surface area contributed by atoms with Crippen molar-refractivity contribution in [3.8, 4) is 45.3 Å². The third-order valence-electron chi connectivity index (χ3n) is 19.4. The summed E-state index contributed by atoms with van der Waals surface area (Å²) in [5, 5.41) is 20.4. The van der Waals surface area contributed by atoms with Gasteiger partial charge in [-0.25, -0.2) is 19.9 Å².